The van der Waals surface area contributed by atoms with Gasteiger partial charge in [0.1, 0.15) is 17.0 Å². The number of nitrogens with zero attached hydrogens (tertiary/aromatic N) is 3. The second-order valence-corrected chi connectivity index (χ2v) is 9.05. The summed E-state index contributed by atoms with van der Waals surface area (Å²) in [5, 5.41) is 10.3. The molecule has 2 aromatic rings. The van der Waals surface area contributed by atoms with E-state index in [1.807, 2.05) is 24.3 Å². The molecule has 0 saturated heterocycles. The third-order valence-corrected chi connectivity index (χ3v) is 6.78. The minimum Gasteiger partial charge on any atom is -0.497 e. The van der Waals surface area contributed by atoms with Crippen LogP contribution < -0.4 is 15.4 Å². The molecule has 9 nitrogen and oxygen atoms in total. The maximum Gasteiger partial charge on any atom is 0.272 e. The molecule has 1 aromatic heterocycles. The monoisotopic (exact) mass is 453 g/mol. The van der Waals surface area contributed by atoms with Gasteiger partial charge in [-0.05, 0) is 37.5 Å². The number of likely N-dealkylation sites (N-methyl/N-ethyl adjacent to an activating group) is 1. The zero-order valence-electron chi connectivity index (χ0n) is 19.4. The number of rotatable bonds is 6. The number of benzene rings is 1. The topological polar surface area (TPSA) is 106 Å². The smallest absolute Gasteiger partial charge is 0.272 e. The van der Waals surface area contributed by atoms with E-state index in [1.54, 1.807) is 21.1 Å². The molecule has 1 aliphatic heterocycles. The lowest BCUT2D eigenvalue weighted by molar-refractivity contribution is -0.133. The third-order valence-electron chi connectivity index (χ3n) is 6.78. The molecular weight excluding hydrogens is 422 g/mol. The summed E-state index contributed by atoms with van der Waals surface area (Å²) < 4.78 is 6.62. The van der Waals surface area contributed by atoms with Gasteiger partial charge in [0.15, 0.2) is 5.69 Å². The first-order valence-electron chi connectivity index (χ1n) is 11.4. The first-order chi connectivity index (χ1) is 15.8. The number of methoxy groups -OCH3 is 1. The van der Waals surface area contributed by atoms with Crippen molar-refractivity contribution in [3.63, 3.8) is 0 Å². The number of carbonyl (C=O) groups is 3. The van der Waals surface area contributed by atoms with E-state index in [2.05, 4.69) is 15.7 Å². The summed E-state index contributed by atoms with van der Waals surface area (Å²) in [6.45, 7) is 2.26. The Hall–Kier alpha value is -3.36. The summed E-state index contributed by atoms with van der Waals surface area (Å²) in [6, 6.07) is 9.01. The molecule has 0 radical (unpaired) electrons. The van der Waals surface area contributed by atoms with Crippen LogP contribution in [-0.4, -0.2) is 58.1 Å². The van der Waals surface area contributed by atoms with Gasteiger partial charge < -0.3 is 20.3 Å². The normalized spacial score (nSPS) is 20.8. The fraction of sp³-hybridized carbons (Fsp3) is 0.500. The summed E-state index contributed by atoms with van der Waals surface area (Å²) in [7, 11) is 3.23. The van der Waals surface area contributed by atoms with Crippen LogP contribution in [0.1, 0.15) is 65.6 Å². The number of carbonyl (C=O) groups excluding carboxylic acids is 3. The van der Waals surface area contributed by atoms with E-state index in [1.165, 1.54) is 22.1 Å². The number of hydrogen-bond acceptors (Lipinski definition) is 5. The van der Waals surface area contributed by atoms with Crippen LogP contribution in [0.3, 0.4) is 0 Å². The van der Waals surface area contributed by atoms with E-state index in [-0.39, 0.29) is 36.0 Å². The molecule has 1 fully saturated rings. The Bertz CT molecular complexity index is 1040. The SMILES string of the molecule is COc1ccc(CNC(=O)c2cc3n(n2)CC(C)(C(=O)NC2CCCCC2)N(C)C3=O)cc1. The second-order valence-electron chi connectivity index (χ2n) is 9.05. The van der Waals surface area contributed by atoms with Crippen molar-refractivity contribution in [2.24, 2.45) is 0 Å². The Kier molecular flexibility index (Phi) is 6.40. The first-order valence-corrected chi connectivity index (χ1v) is 11.4. The van der Waals surface area contributed by atoms with Crippen molar-refractivity contribution < 1.29 is 19.1 Å². The number of ether oxygens (including phenoxy) is 1. The van der Waals surface area contributed by atoms with Crippen LogP contribution >= 0.6 is 0 Å². The Morgan fingerprint density at radius 1 is 1.18 bits per heavy atom. The van der Waals surface area contributed by atoms with E-state index in [0.717, 1.165) is 37.0 Å². The largest absolute Gasteiger partial charge is 0.497 e. The van der Waals surface area contributed by atoms with Gasteiger partial charge in [0.05, 0.1) is 13.7 Å². The highest BCUT2D eigenvalue weighted by Crippen LogP contribution is 2.27. The molecule has 176 valence electrons. The Labute approximate surface area is 193 Å². The fourth-order valence-corrected chi connectivity index (χ4v) is 4.44. The maximum atomic E-state index is 13.2. The minimum atomic E-state index is -1.08. The molecule has 3 amide bonds. The van der Waals surface area contributed by atoms with E-state index >= 15 is 0 Å². The molecule has 1 aliphatic carbocycles. The highest BCUT2D eigenvalue weighted by atomic mass is 16.5. The van der Waals surface area contributed by atoms with Gasteiger partial charge in [0.2, 0.25) is 5.91 Å². The number of hydrogen-bond donors (Lipinski definition) is 2. The van der Waals surface area contributed by atoms with Gasteiger partial charge in [-0.2, -0.15) is 5.10 Å². The van der Waals surface area contributed by atoms with Crippen molar-refractivity contribution >= 4 is 17.7 Å². The Balaban J connectivity index is 1.45. The van der Waals surface area contributed by atoms with Crippen LogP contribution in [0.25, 0.3) is 0 Å². The molecule has 2 N–H and O–H groups in total. The lowest BCUT2D eigenvalue weighted by atomic mass is 9.92. The van der Waals surface area contributed by atoms with Crippen molar-refractivity contribution in [1.82, 2.24) is 25.3 Å². The third kappa shape index (κ3) is 4.58. The lowest BCUT2D eigenvalue weighted by Gasteiger charge is -2.41. The molecule has 1 saturated carbocycles. The fourth-order valence-electron chi connectivity index (χ4n) is 4.44. The number of amides is 3. The van der Waals surface area contributed by atoms with Gasteiger partial charge in [0.25, 0.3) is 11.8 Å². The summed E-state index contributed by atoms with van der Waals surface area (Å²) in [5.74, 6) is -0.150. The van der Waals surface area contributed by atoms with Crippen LogP contribution in [0.5, 0.6) is 5.75 Å². The quantitative estimate of drug-likeness (QED) is 0.697. The standard InChI is InChI=1S/C24H31N5O4/c1-24(23(32)26-17-7-5-4-6-8-17)15-29-20(22(31)28(24)2)13-19(27-29)21(30)25-14-16-9-11-18(33-3)12-10-16/h9-13,17H,4-8,14-15H2,1-3H3,(H,25,30)(H,26,32). The van der Waals surface area contributed by atoms with Crippen LogP contribution in [0.2, 0.25) is 0 Å². The summed E-state index contributed by atoms with van der Waals surface area (Å²) >= 11 is 0. The van der Waals surface area contributed by atoms with Gasteiger partial charge >= 0.3 is 0 Å². The van der Waals surface area contributed by atoms with Gasteiger partial charge in [-0.3, -0.25) is 19.1 Å². The van der Waals surface area contributed by atoms with E-state index in [4.69, 9.17) is 4.74 Å². The molecule has 0 bridgehead atoms. The lowest BCUT2D eigenvalue weighted by Crippen LogP contribution is -2.63. The Morgan fingerprint density at radius 2 is 1.88 bits per heavy atom. The predicted octanol–water partition coefficient (Wildman–Crippen LogP) is 2.11. The van der Waals surface area contributed by atoms with Crippen LogP contribution in [0.15, 0.2) is 30.3 Å². The van der Waals surface area contributed by atoms with Gasteiger partial charge in [-0.1, -0.05) is 31.4 Å². The van der Waals surface area contributed by atoms with Crippen molar-refractivity contribution in [2.45, 2.75) is 63.7 Å². The molecule has 0 spiro atoms. The maximum absolute atomic E-state index is 13.2. The summed E-state index contributed by atoms with van der Waals surface area (Å²) in [5.41, 5.74) is 0.285. The molecule has 33 heavy (non-hydrogen) atoms. The van der Waals surface area contributed by atoms with Crippen LogP contribution in [0.4, 0.5) is 0 Å². The van der Waals surface area contributed by atoms with Gasteiger partial charge in [-0.25, -0.2) is 0 Å². The molecule has 9 heteroatoms. The first kappa shape index (κ1) is 22.8. The second kappa shape index (κ2) is 9.25. The van der Waals surface area contributed by atoms with Crippen LogP contribution in [-0.2, 0) is 17.9 Å². The molecule has 1 atom stereocenters. The van der Waals surface area contributed by atoms with Crippen molar-refractivity contribution in [2.75, 3.05) is 14.2 Å². The summed E-state index contributed by atoms with van der Waals surface area (Å²) in [6.07, 6.45) is 5.33. The predicted molar refractivity (Wildman–Crippen MR) is 122 cm³/mol. The van der Waals surface area contributed by atoms with Gasteiger partial charge in [0, 0.05) is 25.7 Å². The average molecular weight is 454 g/mol. The zero-order chi connectivity index (χ0) is 23.6. The number of aromatic nitrogens is 2. The van der Waals surface area contributed by atoms with E-state index < -0.39 is 5.54 Å². The molecule has 1 aromatic carbocycles. The highest BCUT2D eigenvalue weighted by Gasteiger charge is 2.46. The summed E-state index contributed by atoms with van der Waals surface area (Å²) in [4.78, 5) is 40.4. The van der Waals surface area contributed by atoms with E-state index in [9.17, 15) is 14.4 Å². The molecular formula is C24H31N5O4. The van der Waals surface area contributed by atoms with Gasteiger partial charge in [-0.15, -0.1) is 0 Å². The van der Waals surface area contributed by atoms with Crippen LogP contribution in [0, 0.1) is 0 Å². The number of nitrogens with one attached hydrogen (secondary N) is 2. The van der Waals surface area contributed by atoms with Crippen molar-refractivity contribution in [1.29, 1.82) is 0 Å². The molecule has 2 aliphatic rings. The Morgan fingerprint density at radius 3 is 2.55 bits per heavy atom. The minimum absolute atomic E-state index is 0.143. The molecule has 1 unspecified atom stereocenters. The zero-order valence-corrected chi connectivity index (χ0v) is 19.4. The molecule has 2 heterocycles. The average Bonchev–Trinajstić information content (AvgIpc) is 3.26. The number of fused-ring (bicyclic) bond motifs is 1. The van der Waals surface area contributed by atoms with Crippen molar-refractivity contribution in [3.05, 3.63) is 47.3 Å². The molecule has 4 rings (SSSR count). The highest BCUT2D eigenvalue weighted by molar-refractivity contribution is 6.01. The van der Waals surface area contributed by atoms with E-state index in [0.29, 0.717) is 12.2 Å². The van der Waals surface area contributed by atoms with Crippen molar-refractivity contribution in [3.8, 4) is 5.75 Å².